The number of nitrogens with one attached hydrogen (secondary N) is 2. The number of urea groups is 1. The highest BCUT2D eigenvalue weighted by Crippen LogP contribution is 2.36. The highest BCUT2D eigenvalue weighted by Gasteiger charge is 2.51. The van der Waals surface area contributed by atoms with Crippen molar-refractivity contribution in [2.45, 2.75) is 44.6 Å². The second-order valence-electron chi connectivity index (χ2n) is 7.21. The first kappa shape index (κ1) is 21.2. The standard InChI is InChI=1S/C20H26ClN3O5/c1-3-29-16-14(21)11-13(12-15(16)28-2)17(25)22-9-6-10-24-18(26)20(23-19(24)27)7-4-5-8-20/h11-12H,3-10H2,1-2H3,(H,22,25)(H,23,27). The van der Waals surface area contributed by atoms with Crippen LogP contribution in [-0.2, 0) is 4.79 Å². The van der Waals surface area contributed by atoms with E-state index in [1.807, 2.05) is 6.92 Å². The molecule has 1 aliphatic carbocycles. The van der Waals surface area contributed by atoms with Crippen molar-refractivity contribution in [2.24, 2.45) is 0 Å². The Kier molecular flexibility index (Phi) is 6.52. The molecule has 1 saturated heterocycles. The van der Waals surface area contributed by atoms with Crippen molar-refractivity contribution in [1.29, 1.82) is 0 Å². The SMILES string of the molecule is CCOc1c(Cl)cc(C(=O)NCCCN2C(=O)NC3(CCCC3)C2=O)cc1OC. The van der Waals surface area contributed by atoms with Gasteiger partial charge in [-0.25, -0.2) is 4.79 Å². The predicted octanol–water partition coefficient (Wildman–Crippen LogP) is 2.73. The molecular formula is C20H26ClN3O5. The number of carbonyl (C=O) groups is 3. The van der Waals surface area contributed by atoms with Crippen LogP contribution in [0.1, 0.15) is 49.4 Å². The van der Waals surface area contributed by atoms with Crippen molar-refractivity contribution in [3.05, 3.63) is 22.7 Å². The lowest BCUT2D eigenvalue weighted by atomic mass is 9.98. The number of carbonyl (C=O) groups excluding carboxylic acids is 3. The van der Waals surface area contributed by atoms with Crippen LogP contribution in [0.3, 0.4) is 0 Å². The lowest BCUT2D eigenvalue weighted by molar-refractivity contribution is -0.131. The number of halogens is 1. The summed E-state index contributed by atoms with van der Waals surface area (Å²) in [6, 6.07) is 2.74. The number of amides is 4. The lowest BCUT2D eigenvalue weighted by Gasteiger charge is -2.20. The number of methoxy groups -OCH3 is 1. The fourth-order valence-corrected chi connectivity index (χ4v) is 4.14. The summed E-state index contributed by atoms with van der Waals surface area (Å²) >= 11 is 6.20. The Bertz CT molecular complexity index is 808. The third-order valence-corrected chi connectivity index (χ3v) is 5.61. The number of benzene rings is 1. The molecule has 2 aliphatic rings. The number of rotatable bonds is 8. The summed E-state index contributed by atoms with van der Waals surface area (Å²) in [6.07, 6.45) is 3.76. The number of nitrogens with zero attached hydrogens (tertiary/aromatic N) is 1. The fourth-order valence-electron chi connectivity index (χ4n) is 3.87. The summed E-state index contributed by atoms with van der Waals surface area (Å²) < 4.78 is 10.7. The Hall–Kier alpha value is -2.48. The molecule has 2 N–H and O–H groups in total. The van der Waals surface area contributed by atoms with Crippen LogP contribution in [0.15, 0.2) is 12.1 Å². The summed E-state index contributed by atoms with van der Waals surface area (Å²) in [5.74, 6) is 0.311. The van der Waals surface area contributed by atoms with E-state index in [0.717, 1.165) is 12.8 Å². The number of hydrogen-bond acceptors (Lipinski definition) is 5. The third kappa shape index (κ3) is 4.27. The molecule has 1 heterocycles. The van der Waals surface area contributed by atoms with E-state index in [9.17, 15) is 14.4 Å². The summed E-state index contributed by atoms with van der Waals surface area (Å²) in [6.45, 7) is 2.83. The van der Waals surface area contributed by atoms with Crippen molar-refractivity contribution in [2.75, 3.05) is 26.8 Å². The van der Waals surface area contributed by atoms with Crippen molar-refractivity contribution in [3.63, 3.8) is 0 Å². The topological polar surface area (TPSA) is 97.0 Å². The van der Waals surface area contributed by atoms with Crippen LogP contribution in [0, 0.1) is 0 Å². The zero-order valence-electron chi connectivity index (χ0n) is 16.7. The minimum absolute atomic E-state index is 0.144. The van der Waals surface area contributed by atoms with Crippen LogP contribution in [0.5, 0.6) is 11.5 Å². The first-order valence-electron chi connectivity index (χ1n) is 9.84. The second kappa shape index (κ2) is 8.90. The highest BCUT2D eigenvalue weighted by atomic mass is 35.5. The van der Waals surface area contributed by atoms with E-state index in [1.165, 1.54) is 18.1 Å². The van der Waals surface area contributed by atoms with E-state index >= 15 is 0 Å². The van der Waals surface area contributed by atoms with Gasteiger partial charge in [0.15, 0.2) is 11.5 Å². The van der Waals surface area contributed by atoms with Gasteiger partial charge in [0, 0.05) is 18.7 Å². The monoisotopic (exact) mass is 423 g/mol. The Labute approximate surface area is 174 Å². The van der Waals surface area contributed by atoms with Gasteiger partial charge < -0.3 is 20.1 Å². The molecule has 8 nitrogen and oxygen atoms in total. The fraction of sp³-hybridized carbons (Fsp3) is 0.550. The molecule has 0 bridgehead atoms. The van der Waals surface area contributed by atoms with Gasteiger partial charge in [-0.2, -0.15) is 0 Å². The van der Waals surface area contributed by atoms with Crippen molar-refractivity contribution in [3.8, 4) is 11.5 Å². The minimum atomic E-state index is -0.698. The zero-order valence-corrected chi connectivity index (χ0v) is 17.4. The van der Waals surface area contributed by atoms with Crippen molar-refractivity contribution in [1.82, 2.24) is 15.5 Å². The number of hydrogen-bond donors (Lipinski definition) is 2. The van der Waals surface area contributed by atoms with Crippen LogP contribution in [0.2, 0.25) is 5.02 Å². The van der Waals surface area contributed by atoms with Crippen LogP contribution in [0.4, 0.5) is 4.79 Å². The average Bonchev–Trinajstić information content (AvgIpc) is 3.26. The largest absolute Gasteiger partial charge is 0.493 e. The molecule has 1 aromatic rings. The average molecular weight is 424 g/mol. The van der Waals surface area contributed by atoms with Gasteiger partial charge in [0.05, 0.1) is 18.7 Å². The Balaban J connectivity index is 1.53. The summed E-state index contributed by atoms with van der Waals surface area (Å²) in [4.78, 5) is 38.4. The van der Waals surface area contributed by atoms with Gasteiger partial charge in [-0.15, -0.1) is 0 Å². The maximum Gasteiger partial charge on any atom is 0.325 e. The van der Waals surface area contributed by atoms with E-state index in [4.69, 9.17) is 21.1 Å². The third-order valence-electron chi connectivity index (χ3n) is 5.33. The predicted molar refractivity (Wildman–Crippen MR) is 108 cm³/mol. The van der Waals surface area contributed by atoms with Crippen LogP contribution in [-0.4, -0.2) is 55.1 Å². The van der Waals surface area contributed by atoms with Crippen LogP contribution >= 0.6 is 11.6 Å². The molecule has 1 aliphatic heterocycles. The molecule has 29 heavy (non-hydrogen) atoms. The van der Waals surface area contributed by atoms with Gasteiger partial charge in [-0.05, 0) is 38.3 Å². The molecule has 158 valence electrons. The lowest BCUT2D eigenvalue weighted by Crippen LogP contribution is -2.44. The van der Waals surface area contributed by atoms with E-state index in [0.29, 0.717) is 49.5 Å². The van der Waals surface area contributed by atoms with Crippen LogP contribution < -0.4 is 20.1 Å². The van der Waals surface area contributed by atoms with Crippen molar-refractivity contribution < 1.29 is 23.9 Å². The van der Waals surface area contributed by atoms with E-state index in [2.05, 4.69) is 10.6 Å². The summed E-state index contributed by atoms with van der Waals surface area (Å²) in [5, 5.41) is 5.92. The number of ether oxygens (including phenoxy) is 2. The molecule has 2 fully saturated rings. The molecule has 0 aromatic heterocycles. The van der Waals surface area contributed by atoms with Gasteiger partial charge in [0.25, 0.3) is 11.8 Å². The van der Waals surface area contributed by atoms with Gasteiger partial charge in [-0.3, -0.25) is 14.5 Å². The first-order valence-corrected chi connectivity index (χ1v) is 10.2. The van der Waals surface area contributed by atoms with Gasteiger partial charge in [-0.1, -0.05) is 24.4 Å². The quantitative estimate of drug-likeness (QED) is 0.495. The maximum atomic E-state index is 12.6. The van der Waals surface area contributed by atoms with E-state index in [1.54, 1.807) is 6.07 Å². The smallest absolute Gasteiger partial charge is 0.325 e. The Morgan fingerprint density at radius 2 is 2.03 bits per heavy atom. The van der Waals surface area contributed by atoms with Gasteiger partial charge in [0.2, 0.25) is 0 Å². The molecule has 1 aromatic carbocycles. The highest BCUT2D eigenvalue weighted by molar-refractivity contribution is 6.32. The second-order valence-corrected chi connectivity index (χ2v) is 7.62. The van der Waals surface area contributed by atoms with Gasteiger partial charge >= 0.3 is 6.03 Å². The molecule has 1 spiro atoms. The van der Waals surface area contributed by atoms with Crippen molar-refractivity contribution >= 4 is 29.4 Å². The molecule has 0 atom stereocenters. The molecule has 4 amide bonds. The van der Waals surface area contributed by atoms with E-state index < -0.39 is 5.54 Å². The van der Waals surface area contributed by atoms with Gasteiger partial charge in [0.1, 0.15) is 5.54 Å². The molecule has 0 unspecified atom stereocenters. The molecule has 1 saturated carbocycles. The first-order chi connectivity index (χ1) is 13.9. The summed E-state index contributed by atoms with van der Waals surface area (Å²) in [5.41, 5.74) is -0.356. The molecule has 0 radical (unpaired) electrons. The van der Waals surface area contributed by atoms with Crippen LogP contribution in [0.25, 0.3) is 0 Å². The summed E-state index contributed by atoms with van der Waals surface area (Å²) in [7, 11) is 1.48. The van der Waals surface area contributed by atoms with E-state index in [-0.39, 0.29) is 29.4 Å². The normalized spacial score (nSPS) is 17.6. The Morgan fingerprint density at radius 1 is 1.31 bits per heavy atom. The maximum absolute atomic E-state index is 12.6. The molecule has 9 heteroatoms. The minimum Gasteiger partial charge on any atom is -0.493 e. The Morgan fingerprint density at radius 3 is 2.69 bits per heavy atom. The molecule has 3 rings (SSSR count). The molecular weight excluding hydrogens is 398 g/mol. The number of imide groups is 1. The zero-order chi connectivity index (χ0) is 21.0.